The van der Waals surface area contributed by atoms with Crippen LogP contribution < -0.4 is 67.7 Å². The predicted molar refractivity (Wildman–Crippen MR) is 436 cm³/mol. The quantitative estimate of drug-likeness (QED) is 0.00498. The van der Waals surface area contributed by atoms with Crippen LogP contribution in [-0.2, 0) is 163 Å². The van der Waals surface area contributed by atoms with Gasteiger partial charge in [0.1, 0.15) is 53.9 Å². The minimum absolute atomic E-state index is 0. The summed E-state index contributed by atoms with van der Waals surface area (Å²) in [6, 6.07) is 0. The second-order valence-corrected chi connectivity index (χ2v) is 36.9. The number of carboxylic acid groups (broad SMARTS) is 1. The molecule has 0 unspecified atom stereocenters. The van der Waals surface area contributed by atoms with Crippen molar-refractivity contribution in [3.05, 3.63) is 48.6 Å². The molecule has 1 fully saturated rings. The number of hydrogen-bond donors (Lipinski definition) is 4. The summed E-state index contributed by atoms with van der Waals surface area (Å²) in [7, 11) is -14.6. The number of imide groups is 4. The monoisotopic (exact) mass is 1920 g/mol. The van der Waals surface area contributed by atoms with E-state index in [1.165, 1.54) is 12.2 Å². The Balaban J connectivity index is -0.000000252. The number of sulfonamides is 4. The molecule has 5 aliphatic rings. The van der Waals surface area contributed by atoms with Gasteiger partial charge in [-0.25, -0.2) is 43.2 Å². The van der Waals surface area contributed by atoms with Crippen molar-refractivity contribution in [3.63, 3.8) is 0 Å². The summed E-state index contributed by atoms with van der Waals surface area (Å²) in [5, 5.41) is 20.6. The van der Waals surface area contributed by atoms with Crippen LogP contribution in [0.1, 0.15) is 150 Å². The van der Waals surface area contributed by atoms with Crippen LogP contribution in [0.25, 0.3) is 0 Å². The summed E-state index contributed by atoms with van der Waals surface area (Å²) in [6.07, 6.45) is 15.5. The number of nitrogens with zero attached hydrogens (tertiary/aromatic N) is 8. The number of aliphatic carboxylic acids is 1. The van der Waals surface area contributed by atoms with Crippen molar-refractivity contribution in [2.24, 2.45) is 5.73 Å². The third kappa shape index (κ3) is 66.1. The predicted octanol–water partition coefficient (Wildman–Crippen LogP) is -3.59. The van der Waals surface area contributed by atoms with Crippen LogP contribution in [0.5, 0.6) is 0 Å². The Bertz CT molecular complexity index is 3980. The third-order valence-electron chi connectivity index (χ3n) is 12.8. The van der Waals surface area contributed by atoms with Gasteiger partial charge in [0, 0.05) is 108 Å². The van der Waals surface area contributed by atoms with Gasteiger partial charge >= 0.3 is 87.2 Å². The number of esters is 4. The van der Waals surface area contributed by atoms with Gasteiger partial charge in [-0.1, -0.05) is 44.1 Å². The number of hydrogen-bond acceptors (Lipinski definition) is 36. The van der Waals surface area contributed by atoms with Crippen molar-refractivity contribution in [2.75, 3.05) is 122 Å². The smallest absolute Gasteiger partial charge is 0.662 e. The number of nitrogens with one attached hydrogen (secondary N) is 2. The number of halogens is 1. The maximum absolute atomic E-state index is 11.8. The van der Waals surface area contributed by atoms with Crippen molar-refractivity contribution < 1.29 is 206 Å². The first kappa shape index (κ1) is 127. The van der Waals surface area contributed by atoms with E-state index in [1.54, 1.807) is 41.5 Å². The molecule has 0 aromatic carbocycles. The van der Waals surface area contributed by atoms with E-state index in [-0.39, 0.29) is 170 Å². The van der Waals surface area contributed by atoms with Gasteiger partial charge in [0.25, 0.3) is 53.7 Å². The van der Waals surface area contributed by atoms with Gasteiger partial charge in [-0.3, -0.25) is 91.4 Å². The van der Waals surface area contributed by atoms with Gasteiger partial charge in [-0.2, -0.15) is 17.2 Å². The molecule has 8 amide bonds. The molecule has 1 aliphatic carbocycles. The fraction of sp³-hybridized carbons (Fsp3) is 0.643. The van der Waals surface area contributed by atoms with Crippen molar-refractivity contribution in [1.29, 1.82) is 4.78 Å². The molecular weight excluding hydrogens is 1800 g/mol. The number of nitrogens with two attached hydrogens (primary N) is 1. The summed E-state index contributed by atoms with van der Waals surface area (Å²) >= 11 is 6.33. The van der Waals surface area contributed by atoms with E-state index in [4.69, 9.17) is 44.6 Å². The number of amides is 8. The molecule has 1 saturated heterocycles. The number of carbonyl (C=O) groups is 17. The number of hydroxylamine groups is 2. The van der Waals surface area contributed by atoms with Crippen molar-refractivity contribution in [2.45, 2.75) is 172 Å². The maximum Gasteiger partial charge on any atom is 1.00 e. The largest absolute Gasteiger partial charge is 1.00 e. The zero-order valence-corrected chi connectivity index (χ0v) is 79.9. The molecule has 44 nitrogen and oxygen atoms in total. The molecule has 51 heteroatoms. The molecule has 4 aliphatic heterocycles. The first-order chi connectivity index (χ1) is 54.3. The summed E-state index contributed by atoms with van der Waals surface area (Å²) in [5.74, 6) is -8.87. The van der Waals surface area contributed by atoms with Gasteiger partial charge in [0.2, 0.25) is 40.1 Å². The first-order valence-electron chi connectivity index (χ1n) is 35.5. The molecule has 0 bridgehead atoms. The number of alkyl halides is 1. The molecule has 0 radical (unpaired) electrons. The van der Waals surface area contributed by atoms with Gasteiger partial charge in [-0.05, 0) is 128 Å². The van der Waals surface area contributed by atoms with Gasteiger partial charge in [0.15, 0.2) is 11.6 Å². The van der Waals surface area contributed by atoms with Crippen LogP contribution in [0, 0.1) is 4.78 Å². The van der Waals surface area contributed by atoms with E-state index in [2.05, 4.69) is 57.2 Å². The van der Waals surface area contributed by atoms with Crippen molar-refractivity contribution in [3.8, 4) is 0 Å². The molecule has 121 heavy (non-hydrogen) atoms. The van der Waals surface area contributed by atoms with Gasteiger partial charge in [0.05, 0.1) is 38.0 Å². The maximum atomic E-state index is 11.8. The third-order valence-corrected chi connectivity index (χ3v) is 18.3. The number of carboxylic acids is 1. The van der Waals surface area contributed by atoms with Crippen LogP contribution in [0.15, 0.2) is 48.6 Å². The first-order valence-corrected chi connectivity index (χ1v) is 44.4. The zero-order chi connectivity index (χ0) is 94.0. The van der Waals surface area contributed by atoms with E-state index >= 15 is 0 Å². The Morgan fingerprint density at radius 2 is 0.760 bits per heavy atom. The molecule has 5 rings (SSSR count). The summed E-state index contributed by atoms with van der Waals surface area (Å²) < 4.78 is 121. The fourth-order valence-electron chi connectivity index (χ4n) is 8.00. The van der Waals surface area contributed by atoms with Gasteiger partial charge in [-0.15, -0.1) is 5.06 Å². The van der Waals surface area contributed by atoms with Crippen molar-refractivity contribution >= 4 is 170 Å². The number of rotatable bonds is 31. The summed E-state index contributed by atoms with van der Waals surface area (Å²) in [6.45, 7) is 26.0. The molecule has 0 saturated carbocycles. The fourth-order valence-corrected chi connectivity index (χ4v) is 11.2. The van der Waals surface area contributed by atoms with Crippen LogP contribution in [0.2, 0.25) is 0 Å². The second-order valence-electron chi connectivity index (χ2n) is 28.4. The minimum Gasteiger partial charge on any atom is -0.662 e. The average molecular weight is 1920 g/mol. The Labute approximate surface area is 764 Å². The van der Waals surface area contributed by atoms with Crippen molar-refractivity contribution in [1.82, 2.24) is 42.3 Å². The Morgan fingerprint density at radius 3 is 0.975 bits per heavy atom. The average Bonchev–Trinajstić information content (AvgIpc) is 1.81. The molecule has 0 aromatic heterocycles. The summed E-state index contributed by atoms with van der Waals surface area (Å²) in [5.41, 5.74) is 2.98. The van der Waals surface area contributed by atoms with E-state index in [9.17, 15) is 110 Å². The Morgan fingerprint density at radius 1 is 0.496 bits per heavy atom. The molecule has 688 valence electrons. The SMILES string of the molecule is C.CC(C)(C)OC(=O)CBr.CC(C)(C)OC(=O)CN(CCN1C(=O)C=CC1=O)S(C)(=O)=O.CCCN.CCCN(CC(=O)OC(C)(C)C)S(C)(=O)=O.CCCNCC(=O)OC(C)(C)C.CS(=O)(=O)N(CCN1C(=O)C=CC1=O)CC(=O)O.CS(=O)(=O)N(CCN1C(=O)C=CC1=O)CC(=O)ON1C(=O)CCC1=O.N=S.O=C1C=CC(=O)C1.O=CO[O-].[K+]. The number of ketones is 2. The zero-order valence-electron chi connectivity index (χ0n) is 71.1. The van der Waals surface area contributed by atoms with Crippen LogP contribution in [0.4, 0.5) is 0 Å². The molecule has 0 spiro atoms. The van der Waals surface area contributed by atoms with E-state index in [0.29, 0.717) is 33.2 Å². The second kappa shape index (κ2) is 62.8. The normalized spacial score (nSPS) is 14.1. The molecule has 0 atom stereocenters. The molecular formula is C70H117BrKN11O33S5. The molecule has 4 heterocycles. The molecule has 5 N–H and O–H groups in total. The van der Waals surface area contributed by atoms with Crippen LogP contribution >= 0.6 is 15.9 Å². The van der Waals surface area contributed by atoms with Crippen LogP contribution in [-0.4, -0.2) is 321 Å². The topological polar surface area (TPSA) is 613 Å². The number of carbonyl (C=O) groups excluding carboxylic acids is 16. The standard InChI is InChI=1S/C13H15N3O8S.C13H20N2O6S.C10H21NO4S.C9H12N2O6S.C9H19NO2.C6H11BrO2.C5H4O2.C3H9N.CH2O3.CH4.K.HNS/c1-25(22,23)14(6-7-15-9(17)2-3-10(15)18)8-13(21)24-16-11(19)4-5-12(16)20;1-13(2,3)21-12(18)9-14(22(4,19)20)7-8-15-10(16)5-6-11(15)17;1-6-7-11(16(5,13)14)8-9(12)15-10(2,3)4;1-18(16,17)10(6-9(14)15)4-5-11-7(12)2-3-8(11)13;1-5-6-10-7-8(11)12-9(2,3)4;1-6(2,3)9-5(8)4-7;6-4-1-2-5(7)3-4;1-2-3-4;2-1-4-3;;;1-2/h2-3H,4-8H2,1H3;5-6H,7-9H2,1-4H3;6-8H2,1-5H3;2-3H,4-6H2,1H3,(H,14,15);10H,5-7H2,1-4H3;4H2,1-3H3;1-2H,3H2;2-4H2,1H3;1,3H;1H4;;1H/q;;;;;;;;;;+1;/p-1. The minimum atomic E-state index is -3.87. The number of ether oxygens (including phenoxy) is 4. The van der Waals surface area contributed by atoms with E-state index in [0.717, 1.165) is 111 Å². The van der Waals surface area contributed by atoms with E-state index < -0.39 is 142 Å². The molecule has 0 aromatic rings. The van der Waals surface area contributed by atoms with E-state index in [1.807, 2.05) is 48.5 Å². The van der Waals surface area contributed by atoms with Gasteiger partial charge < -0.3 is 50.1 Å². The Kier molecular flexibility index (Phi) is 65.9. The van der Waals surface area contributed by atoms with Crippen LogP contribution in [0.3, 0.4) is 0 Å². The Hall–Kier alpha value is -7.19. The summed E-state index contributed by atoms with van der Waals surface area (Å²) in [4.78, 5) is 197. The number of allylic oxidation sites excluding steroid dienone is 2.